The van der Waals surface area contributed by atoms with Crippen LogP contribution in [0, 0.1) is 0 Å². The fourth-order valence-electron chi connectivity index (χ4n) is 4.29. The molecule has 5 rings (SSSR count). The molecule has 6 nitrogen and oxygen atoms in total. The molecule has 0 bridgehead atoms. The van der Waals surface area contributed by atoms with Crippen molar-refractivity contribution in [3.05, 3.63) is 84.4 Å². The highest BCUT2D eigenvalue weighted by atomic mass is 32.1. The quantitative estimate of drug-likeness (QED) is 0.222. The largest absolute Gasteiger partial charge is 0.329 e. The van der Waals surface area contributed by atoms with E-state index in [2.05, 4.69) is 69.1 Å². The first-order chi connectivity index (χ1) is 17.2. The summed E-state index contributed by atoms with van der Waals surface area (Å²) < 4.78 is 2.57. The van der Waals surface area contributed by atoms with Crippen LogP contribution >= 0.6 is 11.3 Å². The van der Waals surface area contributed by atoms with Gasteiger partial charge in [0.15, 0.2) is 0 Å². The normalized spacial score (nSPS) is 11.5. The third-order valence-corrected chi connectivity index (χ3v) is 7.18. The predicted octanol–water partition coefficient (Wildman–Crippen LogP) is 4.28. The number of thiophene rings is 1. The number of hydrogen-bond acceptors (Lipinski definition) is 7. The molecule has 3 heterocycles. The number of hydrogen-bond donors (Lipinski definition) is 4. The number of nitrogens with zero attached hydrogens (tertiary/aromatic N) is 2. The molecule has 0 aliphatic carbocycles. The maximum Gasteiger partial charge on any atom is 0.0355 e. The minimum absolute atomic E-state index is 0.628. The van der Waals surface area contributed by atoms with E-state index < -0.39 is 0 Å². The van der Waals surface area contributed by atoms with Gasteiger partial charge < -0.3 is 22.1 Å². The van der Waals surface area contributed by atoms with Gasteiger partial charge in [0.1, 0.15) is 0 Å². The molecule has 0 spiro atoms. The second kappa shape index (κ2) is 11.0. The van der Waals surface area contributed by atoms with Crippen molar-refractivity contribution in [3.8, 4) is 22.3 Å². The molecule has 0 atom stereocenters. The molecule has 0 aliphatic rings. The number of nitrogens with one attached hydrogen (secondary N) is 2. The molecule has 7 heteroatoms. The molecule has 178 valence electrons. The van der Waals surface area contributed by atoms with Crippen LogP contribution in [0.2, 0.25) is 0 Å². The van der Waals surface area contributed by atoms with Crippen molar-refractivity contribution in [1.29, 1.82) is 0 Å². The number of fused-ring (bicyclic) bond motifs is 3. The molecular formula is C28H30N6S. The summed E-state index contributed by atoms with van der Waals surface area (Å²) >= 11 is 1.83. The van der Waals surface area contributed by atoms with Gasteiger partial charge in [-0.25, -0.2) is 0 Å². The summed E-state index contributed by atoms with van der Waals surface area (Å²) in [5, 5.41) is 9.22. The zero-order valence-electron chi connectivity index (χ0n) is 19.6. The summed E-state index contributed by atoms with van der Waals surface area (Å²) in [5.74, 6) is 0. The predicted molar refractivity (Wildman–Crippen MR) is 147 cm³/mol. The van der Waals surface area contributed by atoms with Crippen molar-refractivity contribution >= 4 is 31.5 Å². The Labute approximate surface area is 209 Å². The van der Waals surface area contributed by atoms with Gasteiger partial charge >= 0.3 is 0 Å². The van der Waals surface area contributed by atoms with Gasteiger partial charge in [-0.05, 0) is 58.7 Å². The molecule has 2 aromatic carbocycles. The summed E-state index contributed by atoms with van der Waals surface area (Å²) in [4.78, 5) is 8.94. The average Bonchev–Trinajstić information content (AvgIpc) is 3.26. The van der Waals surface area contributed by atoms with Crippen molar-refractivity contribution in [2.45, 2.75) is 13.1 Å². The van der Waals surface area contributed by atoms with E-state index >= 15 is 0 Å². The lowest BCUT2D eigenvalue weighted by atomic mass is 10.0. The topological polar surface area (TPSA) is 102 Å². The van der Waals surface area contributed by atoms with Gasteiger partial charge in [-0.15, -0.1) is 11.3 Å². The molecule has 0 saturated heterocycles. The van der Waals surface area contributed by atoms with E-state index in [0.29, 0.717) is 13.1 Å². The molecule has 6 N–H and O–H groups in total. The highest BCUT2D eigenvalue weighted by Gasteiger charge is 2.10. The summed E-state index contributed by atoms with van der Waals surface area (Å²) in [6.45, 7) is 4.37. The lowest BCUT2D eigenvalue weighted by molar-refractivity contribution is 0.693. The first kappa shape index (κ1) is 23.5. The Bertz CT molecular complexity index is 1340. The van der Waals surface area contributed by atoms with Crippen molar-refractivity contribution in [1.82, 2.24) is 20.6 Å². The number of pyridine rings is 2. The second-order valence-electron chi connectivity index (χ2n) is 8.62. The SMILES string of the molecule is NCCNCc1cncc(-c2ccc3sc4ccc(-c5cncc(CNCCN)c5)cc4c3c2)c1. The van der Waals surface area contributed by atoms with Gasteiger partial charge in [0.25, 0.3) is 0 Å². The Morgan fingerprint density at radius 2 is 1.09 bits per heavy atom. The zero-order valence-corrected chi connectivity index (χ0v) is 20.4. The minimum Gasteiger partial charge on any atom is -0.329 e. The van der Waals surface area contributed by atoms with Crippen molar-refractivity contribution in [3.63, 3.8) is 0 Å². The zero-order chi connectivity index (χ0) is 24.0. The molecule has 35 heavy (non-hydrogen) atoms. The van der Waals surface area contributed by atoms with Gasteiger partial charge in [0.2, 0.25) is 0 Å². The van der Waals surface area contributed by atoms with E-state index in [1.165, 1.54) is 31.3 Å². The van der Waals surface area contributed by atoms with Crippen LogP contribution < -0.4 is 22.1 Å². The summed E-state index contributed by atoms with van der Waals surface area (Å²) in [5.41, 5.74) is 18.1. The second-order valence-corrected chi connectivity index (χ2v) is 9.70. The van der Waals surface area contributed by atoms with E-state index in [1.54, 1.807) is 0 Å². The standard InChI is InChI=1S/C28H30N6S/c29-5-7-31-13-19-9-23(17-33-15-19)21-1-3-27-25(11-21)26-12-22(2-4-28(26)35-27)24-10-20(16-34-18-24)14-32-8-6-30/h1-4,9-12,15-18,31-32H,5-8,13-14,29-30H2. The summed E-state index contributed by atoms with van der Waals surface area (Å²) in [6.07, 6.45) is 7.68. The van der Waals surface area contributed by atoms with Crippen LogP contribution in [0.4, 0.5) is 0 Å². The molecule has 3 aromatic heterocycles. The van der Waals surface area contributed by atoms with Crippen LogP contribution in [0.3, 0.4) is 0 Å². The monoisotopic (exact) mass is 482 g/mol. The fourth-order valence-corrected chi connectivity index (χ4v) is 5.36. The molecular weight excluding hydrogens is 452 g/mol. The van der Waals surface area contributed by atoms with Crippen molar-refractivity contribution in [2.75, 3.05) is 26.2 Å². The lowest BCUT2D eigenvalue weighted by Gasteiger charge is -2.07. The third kappa shape index (κ3) is 5.40. The Morgan fingerprint density at radius 1 is 0.600 bits per heavy atom. The first-order valence-corrected chi connectivity index (χ1v) is 12.7. The van der Waals surface area contributed by atoms with E-state index in [0.717, 1.165) is 48.4 Å². The number of nitrogens with two attached hydrogens (primary N) is 2. The Kier molecular flexibility index (Phi) is 7.42. The number of rotatable bonds is 10. The Morgan fingerprint density at radius 3 is 1.54 bits per heavy atom. The molecule has 0 amide bonds. The third-order valence-electron chi connectivity index (χ3n) is 6.03. The van der Waals surface area contributed by atoms with E-state index in [4.69, 9.17) is 11.5 Å². The molecule has 0 saturated carbocycles. The van der Waals surface area contributed by atoms with E-state index in [1.807, 2.05) is 36.1 Å². The molecule has 5 aromatic rings. The van der Waals surface area contributed by atoms with Crippen LogP contribution in [-0.2, 0) is 13.1 Å². The first-order valence-electron chi connectivity index (χ1n) is 11.9. The van der Waals surface area contributed by atoms with Crippen LogP contribution in [0.5, 0.6) is 0 Å². The molecule has 0 aliphatic heterocycles. The fraction of sp³-hybridized carbons (Fsp3) is 0.214. The maximum absolute atomic E-state index is 5.59. The van der Waals surface area contributed by atoms with Gasteiger partial charge in [0.05, 0.1) is 0 Å². The highest BCUT2D eigenvalue weighted by Crippen LogP contribution is 2.38. The van der Waals surface area contributed by atoms with Gasteiger partial charge in [-0.1, -0.05) is 12.1 Å². The maximum atomic E-state index is 5.59. The van der Waals surface area contributed by atoms with E-state index in [-0.39, 0.29) is 0 Å². The van der Waals surface area contributed by atoms with Crippen LogP contribution in [0.25, 0.3) is 42.4 Å². The number of benzene rings is 2. The van der Waals surface area contributed by atoms with Crippen molar-refractivity contribution < 1.29 is 0 Å². The van der Waals surface area contributed by atoms with Crippen molar-refractivity contribution in [2.24, 2.45) is 11.5 Å². The summed E-state index contributed by atoms with van der Waals surface area (Å²) in [7, 11) is 0. The van der Waals surface area contributed by atoms with Crippen LogP contribution in [0.1, 0.15) is 11.1 Å². The number of aromatic nitrogens is 2. The highest BCUT2D eigenvalue weighted by molar-refractivity contribution is 7.25. The Hall–Kier alpha value is -3.20. The minimum atomic E-state index is 0.628. The summed E-state index contributed by atoms with van der Waals surface area (Å²) in [6, 6.07) is 17.8. The molecule has 0 unspecified atom stereocenters. The van der Waals surface area contributed by atoms with Gasteiger partial charge in [-0.3, -0.25) is 9.97 Å². The molecule has 0 fully saturated rings. The Balaban J connectivity index is 1.48. The van der Waals surface area contributed by atoms with Gasteiger partial charge in [0, 0.05) is 95.4 Å². The lowest BCUT2D eigenvalue weighted by Crippen LogP contribution is -2.21. The van der Waals surface area contributed by atoms with Crippen LogP contribution in [-0.4, -0.2) is 36.1 Å². The van der Waals surface area contributed by atoms with E-state index in [9.17, 15) is 0 Å². The molecule has 0 radical (unpaired) electrons. The van der Waals surface area contributed by atoms with Gasteiger partial charge in [-0.2, -0.15) is 0 Å². The average molecular weight is 483 g/mol. The smallest absolute Gasteiger partial charge is 0.0355 e. The van der Waals surface area contributed by atoms with Crippen LogP contribution in [0.15, 0.2) is 73.3 Å².